The van der Waals surface area contributed by atoms with E-state index in [4.69, 9.17) is 0 Å². The van der Waals surface area contributed by atoms with Crippen molar-refractivity contribution < 1.29 is 93.5 Å². The third-order valence-electron chi connectivity index (χ3n) is 0. The van der Waals surface area contributed by atoms with Gasteiger partial charge in [-0.25, -0.2) is 0 Å². The number of rotatable bonds is 0. The molecule has 0 unspecified atom stereocenters. The second kappa shape index (κ2) is 50.2. The Morgan fingerprint density at radius 3 is 0.500 bits per heavy atom. The minimum Gasteiger partial charge on any atom is -1.00 e. The Morgan fingerprint density at radius 2 is 0.500 bits per heavy atom. The summed E-state index contributed by atoms with van der Waals surface area (Å²) >= 11 is 0. The van der Waals surface area contributed by atoms with Crippen molar-refractivity contribution >= 4 is 0 Å². The Hall–Kier alpha value is 2.53. The zero-order valence-corrected chi connectivity index (χ0v) is 11.1. The van der Waals surface area contributed by atoms with E-state index in [0.29, 0.717) is 0 Å². The maximum atomic E-state index is 0. The Kier molecular flexibility index (Phi) is 632. The van der Waals surface area contributed by atoms with Crippen LogP contribution in [0.3, 0.4) is 0 Å². The van der Waals surface area contributed by atoms with Crippen molar-refractivity contribution in [2.45, 2.75) is 0 Å². The van der Waals surface area contributed by atoms with E-state index in [1.165, 1.54) is 0 Å². The van der Waals surface area contributed by atoms with Gasteiger partial charge in [0.1, 0.15) is 0 Å². The summed E-state index contributed by atoms with van der Waals surface area (Å²) in [5.41, 5.74) is 0. The molecule has 0 aromatic carbocycles. The third kappa shape index (κ3) is 31.2. The molecule has 0 aliphatic rings. The quantitative estimate of drug-likeness (QED) is 0.299. The molecular weight excluding hydrogens is 528 g/mol. The molecule has 0 saturated carbocycles. The third-order valence-corrected chi connectivity index (χ3v) is 0. The van der Waals surface area contributed by atoms with Crippen molar-refractivity contribution in [2.75, 3.05) is 0 Å². The van der Waals surface area contributed by atoms with Crippen LogP contribution < -0.4 is 67.9 Å². The maximum absolute atomic E-state index is 0. The molecule has 0 aliphatic heterocycles. The Bertz CT molecular complexity index is 7.51. The van der Waals surface area contributed by atoms with Gasteiger partial charge in [0.05, 0.1) is 0 Å². The molecule has 0 aromatic heterocycles. The zero-order valence-electron chi connectivity index (χ0n) is 2.35. The summed E-state index contributed by atoms with van der Waals surface area (Å²) in [7, 11) is 0. The molecule has 0 saturated heterocycles. The van der Waals surface area contributed by atoms with E-state index in [9.17, 15) is 0 Å². The first kappa shape index (κ1) is 75.6. The summed E-state index contributed by atoms with van der Waals surface area (Å²) in [4.78, 5) is 0. The molecule has 0 rings (SSSR count). The molecule has 1 nitrogen and oxygen atoms in total. The Morgan fingerprint density at radius 1 is 0.500 bits per heavy atom. The topological polar surface area (TPSA) is 31.5 Å². The second-order valence-electron chi connectivity index (χ2n) is 0. The molecule has 0 heterocycles. The van der Waals surface area contributed by atoms with E-state index in [1.54, 1.807) is 0 Å². The second-order valence-corrected chi connectivity index (χ2v) is 0. The summed E-state index contributed by atoms with van der Waals surface area (Å²) in [6.45, 7) is 0. The summed E-state index contributed by atoms with van der Waals surface area (Å²) in [5.74, 6) is 0. The molecule has 0 atom stereocenters. The first-order chi connectivity index (χ1) is 0. The van der Waals surface area contributed by atoms with E-state index in [1.807, 2.05) is 0 Å². The van der Waals surface area contributed by atoms with Crippen LogP contribution in [0.1, 0.15) is 0 Å². The van der Waals surface area contributed by atoms with Crippen molar-refractivity contribution in [3.05, 3.63) is 0 Å². The van der Waals surface area contributed by atoms with Crippen molar-refractivity contribution in [2.24, 2.45) is 0 Å². The van der Waals surface area contributed by atoms with Gasteiger partial charge in [0.2, 0.25) is 0 Å². The fraction of sp³-hybridized carbons (Fsp3) is 0. The van der Waals surface area contributed by atoms with Crippen LogP contribution in [0.5, 0.6) is 0 Å². The molecule has 0 aliphatic carbocycles. The maximum Gasteiger partial charge on any atom is 4.00 e. The molecular formula is H2Br4IrO. The van der Waals surface area contributed by atoms with Gasteiger partial charge in [0.25, 0.3) is 0 Å². The van der Waals surface area contributed by atoms with E-state index >= 15 is 0 Å². The van der Waals surface area contributed by atoms with E-state index in [0.717, 1.165) is 0 Å². The molecule has 6 heavy (non-hydrogen) atoms. The SMILES string of the molecule is O.[Br-].[Br-].[Br-].[Br-].[Ir+4]. The first-order valence-electron chi connectivity index (χ1n) is 0. The van der Waals surface area contributed by atoms with Gasteiger partial charge < -0.3 is 73.4 Å². The average molecular weight is 530 g/mol. The normalized spacial score (nSPS) is 0. The van der Waals surface area contributed by atoms with Crippen LogP contribution >= 0.6 is 0 Å². The van der Waals surface area contributed by atoms with Crippen LogP contribution in [0.2, 0.25) is 0 Å². The summed E-state index contributed by atoms with van der Waals surface area (Å²) in [6.07, 6.45) is 0. The molecule has 0 amide bonds. The van der Waals surface area contributed by atoms with Crippen molar-refractivity contribution in [3.8, 4) is 0 Å². The molecule has 2 N–H and O–H groups in total. The van der Waals surface area contributed by atoms with Crippen LogP contribution in [0.15, 0.2) is 0 Å². The van der Waals surface area contributed by atoms with Crippen molar-refractivity contribution in [1.82, 2.24) is 0 Å². The van der Waals surface area contributed by atoms with Gasteiger partial charge in [-0.3, -0.25) is 0 Å². The molecule has 6 heteroatoms. The zero-order chi connectivity index (χ0) is 0. The van der Waals surface area contributed by atoms with Crippen LogP contribution in [-0.4, -0.2) is 5.48 Å². The van der Waals surface area contributed by atoms with Crippen LogP contribution in [0, 0.1) is 0 Å². The molecule has 45 valence electrons. The van der Waals surface area contributed by atoms with E-state index in [-0.39, 0.29) is 93.5 Å². The average Bonchev–Trinajstić information content (AvgIpc) is 0. The predicted octanol–water partition coefficient (Wildman–Crippen LogP) is -12.8. The van der Waals surface area contributed by atoms with Crippen molar-refractivity contribution in [1.29, 1.82) is 0 Å². The van der Waals surface area contributed by atoms with Gasteiger partial charge in [-0.1, -0.05) is 0 Å². The first-order valence-corrected chi connectivity index (χ1v) is 0. The molecule has 1 radical (unpaired) electrons. The van der Waals surface area contributed by atoms with Crippen LogP contribution in [-0.2, 0) is 20.1 Å². The summed E-state index contributed by atoms with van der Waals surface area (Å²) in [6, 6.07) is 0. The predicted molar refractivity (Wildman–Crippen MR) is 3.61 cm³/mol. The van der Waals surface area contributed by atoms with Gasteiger partial charge in [-0.05, 0) is 0 Å². The molecule has 0 bridgehead atoms. The fourth-order valence-corrected chi connectivity index (χ4v) is 0. The van der Waals surface area contributed by atoms with Gasteiger partial charge in [0.15, 0.2) is 0 Å². The summed E-state index contributed by atoms with van der Waals surface area (Å²) < 4.78 is 0. The largest absolute Gasteiger partial charge is 4.00 e. The number of hydrogen-bond donors (Lipinski definition) is 0. The van der Waals surface area contributed by atoms with Crippen LogP contribution in [0.25, 0.3) is 0 Å². The number of hydrogen-bond acceptors (Lipinski definition) is 0. The monoisotopic (exact) mass is 527 g/mol. The molecule has 0 fully saturated rings. The summed E-state index contributed by atoms with van der Waals surface area (Å²) in [5, 5.41) is 0. The Labute approximate surface area is 92.4 Å². The van der Waals surface area contributed by atoms with E-state index in [2.05, 4.69) is 0 Å². The van der Waals surface area contributed by atoms with Crippen molar-refractivity contribution in [3.63, 3.8) is 0 Å². The van der Waals surface area contributed by atoms with E-state index < -0.39 is 0 Å². The van der Waals surface area contributed by atoms with Gasteiger partial charge in [0, 0.05) is 0 Å². The molecule has 0 spiro atoms. The van der Waals surface area contributed by atoms with Crippen LogP contribution in [0.4, 0.5) is 0 Å². The van der Waals surface area contributed by atoms with Gasteiger partial charge >= 0.3 is 20.1 Å². The minimum atomic E-state index is 0. The number of halogens is 4. The Balaban J connectivity index is 0. The van der Waals surface area contributed by atoms with Gasteiger partial charge in [-0.15, -0.1) is 0 Å². The molecule has 0 aromatic rings. The van der Waals surface area contributed by atoms with Gasteiger partial charge in [-0.2, -0.15) is 0 Å². The standard InChI is InChI=1S/4BrH.Ir.H2O/h4*1H;;1H2/q;;;;+4;/p-4. The minimum absolute atomic E-state index is 0. The fourth-order valence-electron chi connectivity index (χ4n) is 0. The smallest absolute Gasteiger partial charge is 1.00 e.